The van der Waals surface area contributed by atoms with Gasteiger partial charge in [-0.05, 0) is 19.3 Å². The number of halogens is 3. The Morgan fingerprint density at radius 3 is 2.33 bits per heavy atom. The fraction of sp³-hybridized carbons (Fsp3) is 0.500. The number of carbonyl (C=O) groups is 2. The maximum absolute atomic E-state index is 12.3. The summed E-state index contributed by atoms with van der Waals surface area (Å²) in [4.78, 5) is 28.8. The number of carbonyl (C=O) groups excluding carboxylic acids is 1. The van der Waals surface area contributed by atoms with E-state index in [9.17, 15) is 22.8 Å². The third-order valence-electron chi connectivity index (χ3n) is 3.28. The first kappa shape index (κ1) is 15.2. The summed E-state index contributed by atoms with van der Waals surface area (Å²) in [5.74, 6) is -3.34. The first-order valence-electron chi connectivity index (χ1n) is 6.20. The molecule has 1 heterocycles. The van der Waals surface area contributed by atoms with Gasteiger partial charge in [0.2, 0.25) is 5.82 Å². The van der Waals surface area contributed by atoms with Crippen LogP contribution in [0.2, 0.25) is 0 Å². The van der Waals surface area contributed by atoms with Crippen molar-refractivity contribution in [3.05, 3.63) is 23.8 Å². The Morgan fingerprint density at radius 2 is 1.86 bits per heavy atom. The van der Waals surface area contributed by atoms with E-state index in [4.69, 9.17) is 5.11 Å². The van der Waals surface area contributed by atoms with Gasteiger partial charge in [0.1, 0.15) is 0 Å². The largest absolute Gasteiger partial charge is 0.481 e. The van der Waals surface area contributed by atoms with Gasteiger partial charge in [-0.1, -0.05) is 0 Å². The molecule has 0 unspecified atom stereocenters. The Balaban J connectivity index is 1.97. The SMILES string of the molecule is O=C(N[C@@H]1CC[C@H](C(=O)O)C1)c1cnc(C(F)(F)F)nc1. The van der Waals surface area contributed by atoms with Crippen LogP contribution in [0.4, 0.5) is 13.2 Å². The molecule has 0 saturated heterocycles. The lowest BCUT2D eigenvalue weighted by Gasteiger charge is -2.12. The van der Waals surface area contributed by atoms with Gasteiger partial charge in [-0.25, -0.2) is 9.97 Å². The molecular weight excluding hydrogens is 291 g/mol. The Morgan fingerprint density at radius 1 is 1.24 bits per heavy atom. The third-order valence-corrected chi connectivity index (χ3v) is 3.28. The molecule has 2 atom stereocenters. The zero-order valence-corrected chi connectivity index (χ0v) is 10.7. The van der Waals surface area contributed by atoms with Gasteiger partial charge >= 0.3 is 12.1 Å². The van der Waals surface area contributed by atoms with Crippen molar-refractivity contribution in [3.8, 4) is 0 Å². The summed E-state index contributed by atoms with van der Waals surface area (Å²) < 4.78 is 36.9. The van der Waals surface area contributed by atoms with Crippen LogP contribution in [0.15, 0.2) is 12.4 Å². The van der Waals surface area contributed by atoms with Crippen LogP contribution in [0.25, 0.3) is 0 Å². The molecule has 0 radical (unpaired) electrons. The Hall–Kier alpha value is -2.19. The summed E-state index contributed by atoms with van der Waals surface area (Å²) in [6.45, 7) is 0. The molecule has 21 heavy (non-hydrogen) atoms. The van der Waals surface area contributed by atoms with Crippen LogP contribution in [-0.4, -0.2) is 33.0 Å². The molecular formula is C12H12F3N3O3. The summed E-state index contributed by atoms with van der Waals surface area (Å²) in [6.07, 6.45) is -1.77. The maximum Gasteiger partial charge on any atom is 0.451 e. The van der Waals surface area contributed by atoms with Crippen molar-refractivity contribution in [3.63, 3.8) is 0 Å². The van der Waals surface area contributed by atoms with E-state index in [1.54, 1.807) is 0 Å². The second-order valence-corrected chi connectivity index (χ2v) is 4.81. The first-order valence-corrected chi connectivity index (χ1v) is 6.20. The molecule has 2 rings (SSSR count). The van der Waals surface area contributed by atoms with E-state index < -0.39 is 29.8 Å². The van der Waals surface area contributed by atoms with Gasteiger partial charge in [0.15, 0.2) is 0 Å². The van der Waals surface area contributed by atoms with Crippen molar-refractivity contribution in [1.82, 2.24) is 15.3 Å². The lowest BCUT2D eigenvalue weighted by molar-refractivity contribution is -0.145. The highest BCUT2D eigenvalue weighted by molar-refractivity contribution is 5.93. The maximum atomic E-state index is 12.3. The molecule has 1 fully saturated rings. The van der Waals surface area contributed by atoms with Crippen LogP contribution in [0.3, 0.4) is 0 Å². The van der Waals surface area contributed by atoms with Gasteiger partial charge in [-0.3, -0.25) is 9.59 Å². The summed E-state index contributed by atoms with van der Waals surface area (Å²) in [5, 5.41) is 11.4. The number of hydrogen-bond acceptors (Lipinski definition) is 4. The van der Waals surface area contributed by atoms with E-state index >= 15 is 0 Å². The van der Waals surface area contributed by atoms with Gasteiger partial charge in [0.25, 0.3) is 5.91 Å². The van der Waals surface area contributed by atoms with Crippen LogP contribution < -0.4 is 5.32 Å². The van der Waals surface area contributed by atoms with Gasteiger partial charge < -0.3 is 10.4 Å². The van der Waals surface area contributed by atoms with Crippen molar-refractivity contribution in [1.29, 1.82) is 0 Å². The van der Waals surface area contributed by atoms with Crippen molar-refractivity contribution < 1.29 is 27.9 Å². The van der Waals surface area contributed by atoms with Gasteiger partial charge in [0.05, 0.1) is 11.5 Å². The molecule has 1 aliphatic rings. The summed E-state index contributed by atoms with van der Waals surface area (Å²) in [5.41, 5.74) is -0.0956. The quantitative estimate of drug-likeness (QED) is 0.882. The van der Waals surface area contributed by atoms with E-state index in [0.717, 1.165) is 12.4 Å². The third kappa shape index (κ3) is 3.67. The van der Waals surface area contributed by atoms with Crippen molar-refractivity contribution in [2.75, 3.05) is 0 Å². The van der Waals surface area contributed by atoms with Crippen LogP contribution in [-0.2, 0) is 11.0 Å². The second kappa shape index (κ2) is 5.66. The van der Waals surface area contributed by atoms with E-state index in [-0.39, 0.29) is 11.6 Å². The molecule has 2 N–H and O–H groups in total. The zero-order chi connectivity index (χ0) is 15.6. The van der Waals surface area contributed by atoms with Gasteiger partial charge in [-0.2, -0.15) is 13.2 Å². The summed E-state index contributed by atoms with van der Waals surface area (Å²) in [6, 6.07) is -0.305. The van der Waals surface area contributed by atoms with E-state index in [0.29, 0.717) is 19.3 Å². The van der Waals surface area contributed by atoms with Gasteiger partial charge in [-0.15, -0.1) is 0 Å². The number of aliphatic carboxylic acids is 1. The number of rotatable bonds is 3. The van der Waals surface area contributed by atoms with Gasteiger partial charge in [0, 0.05) is 18.4 Å². The molecule has 0 aliphatic heterocycles. The fourth-order valence-corrected chi connectivity index (χ4v) is 2.20. The molecule has 0 aromatic carbocycles. The van der Waals surface area contributed by atoms with E-state index in [2.05, 4.69) is 15.3 Å². The average Bonchev–Trinajstić information content (AvgIpc) is 2.86. The molecule has 6 nitrogen and oxygen atoms in total. The number of nitrogens with zero attached hydrogens (tertiary/aromatic N) is 2. The monoisotopic (exact) mass is 303 g/mol. The van der Waals surface area contributed by atoms with Crippen LogP contribution in [0.5, 0.6) is 0 Å². The van der Waals surface area contributed by atoms with Crippen LogP contribution in [0, 0.1) is 5.92 Å². The molecule has 9 heteroatoms. The minimum absolute atomic E-state index is 0.0956. The molecule has 1 saturated carbocycles. The summed E-state index contributed by atoms with van der Waals surface area (Å²) >= 11 is 0. The highest BCUT2D eigenvalue weighted by Crippen LogP contribution is 2.26. The van der Waals surface area contributed by atoms with Crippen LogP contribution in [0.1, 0.15) is 35.4 Å². The average molecular weight is 303 g/mol. The van der Waals surface area contributed by atoms with Crippen molar-refractivity contribution in [2.45, 2.75) is 31.5 Å². The number of carboxylic acids is 1. The highest BCUT2D eigenvalue weighted by Gasteiger charge is 2.35. The van der Waals surface area contributed by atoms with Crippen molar-refractivity contribution in [2.24, 2.45) is 5.92 Å². The molecule has 1 amide bonds. The Bertz CT molecular complexity index is 545. The normalized spacial score (nSPS) is 22.0. The Kier molecular flexibility index (Phi) is 4.10. The second-order valence-electron chi connectivity index (χ2n) is 4.81. The molecule has 1 aromatic heterocycles. The molecule has 1 aliphatic carbocycles. The molecule has 114 valence electrons. The predicted octanol–water partition coefficient (Wildman–Crippen LogP) is 1.48. The minimum atomic E-state index is -4.66. The minimum Gasteiger partial charge on any atom is -0.481 e. The predicted molar refractivity (Wildman–Crippen MR) is 63.3 cm³/mol. The standard InChI is InChI=1S/C12H12F3N3O3/c13-12(14,15)11-16-4-7(5-17-11)9(19)18-8-2-1-6(3-8)10(20)21/h4-6,8H,1-3H2,(H,18,19)(H,20,21)/t6-,8+/m0/s1. The lowest BCUT2D eigenvalue weighted by Crippen LogP contribution is -2.33. The number of nitrogens with one attached hydrogen (secondary N) is 1. The van der Waals surface area contributed by atoms with E-state index in [1.165, 1.54) is 0 Å². The number of aromatic nitrogens is 2. The first-order chi connectivity index (χ1) is 9.77. The topological polar surface area (TPSA) is 92.2 Å². The zero-order valence-electron chi connectivity index (χ0n) is 10.7. The van der Waals surface area contributed by atoms with Crippen LogP contribution >= 0.6 is 0 Å². The number of hydrogen-bond donors (Lipinski definition) is 2. The Labute approximate surface area is 117 Å². The van der Waals surface area contributed by atoms with E-state index in [1.807, 2.05) is 0 Å². The lowest BCUT2D eigenvalue weighted by atomic mass is 10.1. The number of alkyl halides is 3. The highest BCUT2D eigenvalue weighted by atomic mass is 19.4. The summed E-state index contributed by atoms with van der Waals surface area (Å²) in [7, 11) is 0. The smallest absolute Gasteiger partial charge is 0.451 e. The number of amides is 1. The fourth-order valence-electron chi connectivity index (χ4n) is 2.20. The molecule has 0 spiro atoms. The number of carboxylic acid groups (broad SMARTS) is 1. The molecule has 1 aromatic rings. The van der Waals surface area contributed by atoms with Crippen molar-refractivity contribution >= 4 is 11.9 Å². The molecule has 0 bridgehead atoms.